The largest absolute Gasteiger partial charge is 0.530 e. The zero-order chi connectivity index (χ0) is 29.3. The van der Waals surface area contributed by atoms with Crippen molar-refractivity contribution in [2.45, 2.75) is 62.6 Å². The van der Waals surface area contributed by atoms with Crippen LogP contribution in [0, 0.1) is 16.7 Å². The summed E-state index contributed by atoms with van der Waals surface area (Å²) in [6.07, 6.45) is -1.57. The van der Waals surface area contributed by atoms with Crippen molar-refractivity contribution < 1.29 is 32.9 Å². The van der Waals surface area contributed by atoms with E-state index in [-0.39, 0.29) is 37.4 Å². The van der Waals surface area contributed by atoms with Gasteiger partial charge in [0.25, 0.3) is 0 Å². The molecule has 2 aromatic rings. The molecule has 1 heterocycles. The molecule has 1 aliphatic rings. The van der Waals surface area contributed by atoms with E-state index in [1.54, 1.807) is 12.1 Å². The Labute approximate surface area is 236 Å². The summed E-state index contributed by atoms with van der Waals surface area (Å²) in [5, 5.41) is 33.2. The molecule has 0 radical (unpaired) electrons. The van der Waals surface area contributed by atoms with Crippen molar-refractivity contribution in [2.75, 3.05) is 33.4 Å². The lowest BCUT2D eigenvalue weighted by atomic mass is 9.88. The Balaban J connectivity index is 2.00. The highest BCUT2D eigenvalue weighted by atomic mass is 32.2. The van der Waals surface area contributed by atoms with Crippen LogP contribution in [-0.2, 0) is 21.2 Å². The number of carbonyl (C=O) groups excluding carboxylic acids is 1. The molecular weight excluding hydrogens is 534 g/mol. The van der Waals surface area contributed by atoms with Crippen molar-refractivity contribution in [2.24, 2.45) is 5.41 Å². The van der Waals surface area contributed by atoms with Crippen molar-refractivity contribution in [3.05, 3.63) is 60.2 Å². The van der Waals surface area contributed by atoms with E-state index in [0.717, 1.165) is 10.5 Å². The number of amides is 1. The normalized spacial score (nSPS) is 17.2. The second-order valence-electron chi connectivity index (χ2n) is 10.8. The smallest absolute Gasteiger partial charge is 0.243 e. The maximum atomic E-state index is 13.9. The van der Waals surface area contributed by atoms with E-state index in [4.69, 9.17) is 14.7 Å². The van der Waals surface area contributed by atoms with Crippen molar-refractivity contribution in [1.82, 2.24) is 9.21 Å². The van der Waals surface area contributed by atoms with E-state index in [9.17, 15) is 23.4 Å². The molecule has 0 aliphatic carbocycles. The third-order valence-corrected chi connectivity index (χ3v) is 9.03. The zero-order valence-electron chi connectivity index (χ0n) is 23.2. The molecule has 218 valence electrons. The fraction of sp³-hybridized carbons (Fsp3) is 0.517. The Bertz CT molecular complexity index is 1240. The topological polar surface area (TPSA) is 143 Å². The van der Waals surface area contributed by atoms with Crippen LogP contribution in [0.4, 0.5) is 4.79 Å². The maximum absolute atomic E-state index is 13.9. The number of ether oxygens (including phenoxy) is 2. The van der Waals surface area contributed by atoms with Gasteiger partial charge in [0.1, 0.15) is 11.8 Å². The van der Waals surface area contributed by atoms with Crippen molar-refractivity contribution in [3.8, 4) is 11.8 Å². The molecule has 11 heteroatoms. The van der Waals surface area contributed by atoms with Crippen molar-refractivity contribution >= 4 is 16.1 Å². The number of sulfonamides is 1. The second kappa shape index (κ2) is 13.9. The minimum absolute atomic E-state index is 0.00994. The van der Waals surface area contributed by atoms with Gasteiger partial charge in [-0.2, -0.15) is 9.57 Å². The minimum Gasteiger partial charge on any atom is -0.530 e. The lowest BCUT2D eigenvalue weighted by Gasteiger charge is -2.42. The van der Waals surface area contributed by atoms with Gasteiger partial charge in [-0.1, -0.05) is 44.2 Å². The van der Waals surface area contributed by atoms with Gasteiger partial charge in [-0.05, 0) is 54.5 Å². The predicted molar refractivity (Wildman–Crippen MR) is 147 cm³/mol. The van der Waals surface area contributed by atoms with Gasteiger partial charge in [0.05, 0.1) is 42.9 Å². The molecule has 1 fully saturated rings. The average Bonchev–Trinajstić information content (AvgIpc) is 3.46. The van der Waals surface area contributed by atoms with Crippen LogP contribution in [0.15, 0.2) is 59.5 Å². The van der Waals surface area contributed by atoms with E-state index in [0.29, 0.717) is 25.2 Å². The Morgan fingerprint density at radius 3 is 2.45 bits per heavy atom. The van der Waals surface area contributed by atoms with Gasteiger partial charge in [0.15, 0.2) is 0 Å². The molecular formula is C29H38N3O7S-. The summed E-state index contributed by atoms with van der Waals surface area (Å²) < 4.78 is 39.6. The van der Waals surface area contributed by atoms with E-state index >= 15 is 0 Å². The molecule has 1 aliphatic heterocycles. The Hall–Kier alpha value is -3.17. The first-order valence-electron chi connectivity index (χ1n) is 13.3. The first-order valence-corrected chi connectivity index (χ1v) is 14.7. The van der Waals surface area contributed by atoms with E-state index in [2.05, 4.69) is 6.07 Å². The first-order chi connectivity index (χ1) is 19.0. The summed E-state index contributed by atoms with van der Waals surface area (Å²) >= 11 is 0. The van der Waals surface area contributed by atoms with Gasteiger partial charge in [-0.3, -0.25) is 0 Å². The first kappa shape index (κ1) is 31.4. The summed E-state index contributed by atoms with van der Waals surface area (Å²) in [5.74, 6) is 0.492. The highest BCUT2D eigenvalue weighted by Gasteiger charge is 2.38. The molecule has 0 aromatic heterocycles. The molecule has 1 amide bonds. The summed E-state index contributed by atoms with van der Waals surface area (Å²) in [7, 11) is -2.64. The molecule has 3 atom stereocenters. The van der Waals surface area contributed by atoms with Crippen molar-refractivity contribution in [1.29, 1.82) is 5.26 Å². The summed E-state index contributed by atoms with van der Waals surface area (Å²) in [6.45, 7) is 3.92. The number of aliphatic hydroxyl groups excluding tert-OH is 1. The van der Waals surface area contributed by atoms with Gasteiger partial charge in [0, 0.05) is 26.1 Å². The van der Waals surface area contributed by atoms with E-state index in [1.165, 1.54) is 23.5 Å². The van der Waals surface area contributed by atoms with Crippen LogP contribution in [0.25, 0.3) is 0 Å². The molecule has 0 unspecified atom stereocenters. The fourth-order valence-electron chi connectivity index (χ4n) is 5.00. The van der Waals surface area contributed by atoms with E-state index in [1.807, 2.05) is 44.2 Å². The standard InChI is InChI=1S/C29H39N3O7S/c1-29(2,15-7-16-30)21-31(40(36,37)25-12-10-24(38-3)11-13-25)19-27(33)26(18-22-8-5-4-6-9-22)32(28(34)35)23-14-17-39-20-23/h4-6,8-13,23,26-27,33H,7,14-15,17-21H2,1-3H3,(H,34,35)/p-1/t23-,26-,27+/m0/s1. The lowest BCUT2D eigenvalue weighted by Crippen LogP contribution is -2.59. The number of hydrogen-bond donors (Lipinski definition) is 1. The lowest BCUT2D eigenvalue weighted by molar-refractivity contribution is -0.272. The molecule has 2 aromatic carbocycles. The summed E-state index contributed by atoms with van der Waals surface area (Å²) in [6, 6.07) is 15.7. The minimum atomic E-state index is -4.12. The molecule has 3 rings (SSSR count). The van der Waals surface area contributed by atoms with Crippen molar-refractivity contribution in [3.63, 3.8) is 0 Å². The third kappa shape index (κ3) is 8.17. The van der Waals surface area contributed by atoms with Gasteiger partial charge in [-0.15, -0.1) is 0 Å². The second-order valence-corrected chi connectivity index (χ2v) is 12.7. The van der Waals surface area contributed by atoms with Gasteiger partial charge in [0.2, 0.25) is 10.0 Å². The van der Waals surface area contributed by atoms with Crippen LogP contribution in [0.3, 0.4) is 0 Å². The summed E-state index contributed by atoms with van der Waals surface area (Å²) in [4.78, 5) is 13.5. The Morgan fingerprint density at radius 1 is 1.23 bits per heavy atom. The highest BCUT2D eigenvalue weighted by molar-refractivity contribution is 7.89. The Morgan fingerprint density at radius 2 is 1.90 bits per heavy atom. The number of carboxylic acid groups (broad SMARTS) is 1. The van der Waals surface area contributed by atoms with Gasteiger partial charge < -0.3 is 29.4 Å². The number of hydrogen-bond acceptors (Lipinski definition) is 8. The quantitative estimate of drug-likeness (QED) is 0.364. The van der Waals surface area contributed by atoms with Crippen LogP contribution in [-0.4, -0.2) is 80.4 Å². The monoisotopic (exact) mass is 572 g/mol. The third-order valence-electron chi connectivity index (χ3n) is 7.20. The van der Waals surface area contributed by atoms with Crippen LogP contribution >= 0.6 is 0 Å². The Kier molecular flexibility index (Phi) is 10.9. The van der Waals surface area contributed by atoms with Crippen LogP contribution < -0.4 is 9.84 Å². The predicted octanol–water partition coefficient (Wildman–Crippen LogP) is 2.42. The molecule has 1 N–H and O–H groups in total. The molecule has 0 saturated carbocycles. The number of carbonyl (C=O) groups is 1. The summed E-state index contributed by atoms with van der Waals surface area (Å²) in [5.41, 5.74) is 0.188. The molecule has 10 nitrogen and oxygen atoms in total. The zero-order valence-corrected chi connectivity index (χ0v) is 24.0. The number of rotatable bonds is 14. The number of nitrogens with zero attached hydrogens (tertiary/aromatic N) is 3. The number of nitriles is 1. The van der Waals surface area contributed by atoms with Crippen LogP contribution in [0.5, 0.6) is 5.75 Å². The van der Waals surface area contributed by atoms with Gasteiger partial charge in [-0.25, -0.2) is 8.42 Å². The average molecular weight is 573 g/mol. The van der Waals surface area contributed by atoms with E-state index < -0.39 is 39.7 Å². The molecule has 40 heavy (non-hydrogen) atoms. The maximum Gasteiger partial charge on any atom is 0.243 e. The number of benzene rings is 2. The molecule has 1 saturated heterocycles. The SMILES string of the molecule is COc1ccc(S(=O)(=O)N(C[C@@H](O)[C@H](Cc2ccccc2)N(C(=O)[O-])[C@H]2CCOC2)CC(C)(C)CCC#N)cc1. The van der Waals surface area contributed by atoms with Crippen LogP contribution in [0.2, 0.25) is 0 Å². The number of methoxy groups -OCH3 is 1. The van der Waals surface area contributed by atoms with Crippen LogP contribution in [0.1, 0.15) is 38.7 Å². The molecule has 0 bridgehead atoms. The fourth-order valence-corrected chi connectivity index (χ4v) is 6.64. The molecule has 0 spiro atoms. The van der Waals surface area contributed by atoms with Gasteiger partial charge >= 0.3 is 0 Å². The highest BCUT2D eigenvalue weighted by Crippen LogP contribution is 2.29. The number of aliphatic hydroxyl groups is 1.